The number of aromatic nitrogens is 2. The number of hydrogen-bond donors (Lipinski definition) is 2. The molecule has 1 aromatic heterocycles. The monoisotopic (exact) mass is 208 g/mol. The summed E-state index contributed by atoms with van der Waals surface area (Å²) in [6, 6.07) is 0. The van der Waals surface area contributed by atoms with Crippen LogP contribution in [0.3, 0.4) is 0 Å². The van der Waals surface area contributed by atoms with Crippen molar-refractivity contribution in [1.82, 2.24) is 9.97 Å². The summed E-state index contributed by atoms with van der Waals surface area (Å²) in [5, 5.41) is 3.22. The maximum atomic E-state index is 5.54. The van der Waals surface area contributed by atoms with Crippen LogP contribution >= 0.6 is 0 Å². The number of nitrogens with one attached hydrogen (secondary N) is 1. The van der Waals surface area contributed by atoms with Gasteiger partial charge in [-0.2, -0.15) is 0 Å². The van der Waals surface area contributed by atoms with Crippen molar-refractivity contribution >= 4 is 5.95 Å². The number of hydrogen-bond acceptors (Lipinski definition) is 4. The fraction of sp³-hybridized carbons (Fsp3) is 0.636. The van der Waals surface area contributed by atoms with E-state index in [1.54, 1.807) is 0 Å². The van der Waals surface area contributed by atoms with Crippen molar-refractivity contribution < 1.29 is 0 Å². The van der Waals surface area contributed by atoms with Crippen molar-refractivity contribution in [3.05, 3.63) is 18.0 Å². The maximum absolute atomic E-state index is 5.54. The Morgan fingerprint density at radius 3 is 2.47 bits per heavy atom. The first-order valence-electron chi connectivity index (χ1n) is 5.26. The summed E-state index contributed by atoms with van der Waals surface area (Å²) in [5.41, 5.74) is 6.80. The molecule has 0 aliphatic rings. The molecule has 1 aromatic rings. The third-order valence-electron chi connectivity index (χ3n) is 2.33. The van der Waals surface area contributed by atoms with Crippen LogP contribution in [0, 0.1) is 12.3 Å². The second kappa shape index (κ2) is 5.07. The Labute approximate surface area is 91.3 Å². The van der Waals surface area contributed by atoms with Crippen molar-refractivity contribution in [3.8, 4) is 0 Å². The lowest BCUT2D eigenvalue weighted by Gasteiger charge is -2.23. The topological polar surface area (TPSA) is 63.8 Å². The molecule has 0 saturated carbocycles. The van der Waals surface area contributed by atoms with Crippen LogP contribution in [0.1, 0.15) is 25.8 Å². The molecule has 0 spiro atoms. The SMILES string of the molecule is Cc1cnc(NCC(C)(C)CCN)nc1. The molecule has 0 bridgehead atoms. The number of nitrogens with two attached hydrogens (primary N) is 1. The van der Waals surface area contributed by atoms with Gasteiger partial charge in [0.1, 0.15) is 0 Å². The molecule has 0 aliphatic carbocycles. The molecule has 0 unspecified atom stereocenters. The standard InChI is InChI=1S/C11H20N4/c1-9-6-13-10(14-7-9)15-8-11(2,3)4-5-12/h6-7H,4-5,8,12H2,1-3H3,(H,13,14,15). The van der Waals surface area contributed by atoms with Gasteiger partial charge in [0.2, 0.25) is 5.95 Å². The highest BCUT2D eigenvalue weighted by molar-refractivity contribution is 5.24. The summed E-state index contributed by atoms with van der Waals surface area (Å²) >= 11 is 0. The minimum atomic E-state index is 0.184. The Morgan fingerprint density at radius 2 is 1.93 bits per heavy atom. The average Bonchev–Trinajstić information content (AvgIpc) is 2.17. The molecular weight excluding hydrogens is 188 g/mol. The van der Waals surface area contributed by atoms with E-state index >= 15 is 0 Å². The Hall–Kier alpha value is -1.16. The highest BCUT2D eigenvalue weighted by atomic mass is 15.1. The summed E-state index contributed by atoms with van der Waals surface area (Å²) in [7, 11) is 0. The predicted octanol–water partition coefficient (Wildman–Crippen LogP) is 1.57. The molecule has 84 valence electrons. The van der Waals surface area contributed by atoms with E-state index in [1.807, 2.05) is 19.3 Å². The number of anilines is 1. The van der Waals surface area contributed by atoms with E-state index in [0.29, 0.717) is 12.5 Å². The molecule has 0 radical (unpaired) electrons. The van der Waals surface area contributed by atoms with Crippen LogP contribution in [0.5, 0.6) is 0 Å². The predicted molar refractivity (Wildman–Crippen MR) is 62.7 cm³/mol. The van der Waals surface area contributed by atoms with Gasteiger partial charge in [0.05, 0.1) is 0 Å². The van der Waals surface area contributed by atoms with Crippen LogP contribution in [0.25, 0.3) is 0 Å². The molecular formula is C11H20N4. The van der Waals surface area contributed by atoms with Crippen LogP contribution in [0.2, 0.25) is 0 Å². The van der Waals surface area contributed by atoms with E-state index < -0.39 is 0 Å². The van der Waals surface area contributed by atoms with Gasteiger partial charge in [0.25, 0.3) is 0 Å². The molecule has 3 N–H and O–H groups in total. The molecule has 4 heteroatoms. The van der Waals surface area contributed by atoms with E-state index in [1.165, 1.54) is 0 Å². The van der Waals surface area contributed by atoms with Crippen molar-refractivity contribution in [2.24, 2.45) is 11.1 Å². The first-order valence-corrected chi connectivity index (χ1v) is 5.26. The normalized spacial score (nSPS) is 11.5. The second-order valence-corrected chi connectivity index (χ2v) is 4.64. The molecule has 0 fully saturated rings. The third-order valence-corrected chi connectivity index (χ3v) is 2.33. The fourth-order valence-electron chi connectivity index (χ4n) is 1.28. The smallest absolute Gasteiger partial charge is 0.222 e. The summed E-state index contributed by atoms with van der Waals surface area (Å²) in [5.74, 6) is 0.686. The molecule has 0 aliphatic heterocycles. The molecule has 1 heterocycles. The van der Waals surface area contributed by atoms with Gasteiger partial charge in [-0.3, -0.25) is 0 Å². The van der Waals surface area contributed by atoms with Crippen molar-refractivity contribution in [1.29, 1.82) is 0 Å². The molecule has 0 saturated heterocycles. The van der Waals surface area contributed by atoms with Gasteiger partial charge in [0.15, 0.2) is 0 Å². The van der Waals surface area contributed by atoms with Crippen molar-refractivity contribution in [2.45, 2.75) is 27.2 Å². The Morgan fingerprint density at radius 1 is 1.33 bits per heavy atom. The van der Waals surface area contributed by atoms with E-state index in [9.17, 15) is 0 Å². The zero-order valence-electron chi connectivity index (χ0n) is 9.75. The largest absolute Gasteiger partial charge is 0.354 e. The molecule has 4 nitrogen and oxygen atoms in total. The van der Waals surface area contributed by atoms with E-state index in [-0.39, 0.29) is 5.41 Å². The minimum absolute atomic E-state index is 0.184. The molecule has 0 atom stereocenters. The first kappa shape index (κ1) is 11.9. The lowest BCUT2D eigenvalue weighted by atomic mass is 9.89. The zero-order chi connectivity index (χ0) is 11.3. The van der Waals surface area contributed by atoms with Gasteiger partial charge in [-0.05, 0) is 30.9 Å². The van der Waals surface area contributed by atoms with Crippen LogP contribution in [0.4, 0.5) is 5.95 Å². The molecule has 0 aromatic carbocycles. The second-order valence-electron chi connectivity index (χ2n) is 4.64. The Kier molecular flexibility index (Phi) is 4.03. The maximum Gasteiger partial charge on any atom is 0.222 e. The van der Waals surface area contributed by atoms with Crippen molar-refractivity contribution in [3.63, 3.8) is 0 Å². The lowest BCUT2D eigenvalue weighted by Crippen LogP contribution is -2.26. The van der Waals surface area contributed by atoms with Crippen LogP contribution in [-0.2, 0) is 0 Å². The highest BCUT2D eigenvalue weighted by Crippen LogP contribution is 2.19. The Balaban J connectivity index is 2.46. The van der Waals surface area contributed by atoms with Gasteiger partial charge < -0.3 is 11.1 Å². The Bertz CT molecular complexity index is 292. The third kappa shape index (κ3) is 4.25. The van der Waals surface area contributed by atoms with E-state index in [2.05, 4.69) is 29.1 Å². The van der Waals surface area contributed by atoms with Gasteiger partial charge in [-0.25, -0.2) is 9.97 Å². The summed E-state index contributed by atoms with van der Waals surface area (Å²) in [6.07, 6.45) is 4.61. The first-order chi connectivity index (χ1) is 7.03. The van der Waals surface area contributed by atoms with Crippen molar-refractivity contribution in [2.75, 3.05) is 18.4 Å². The molecule has 15 heavy (non-hydrogen) atoms. The average molecular weight is 208 g/mol. The summed E-state index contributed by atoms with van der Waals surface area (Å²) in [4.78, 5) is 8.38. The zero-order valence-corrected chi connectivity index (χ0v) is 9.75. The van der Waals surface area contributed by atoms with Gasteiger partial charge in [0, 0.05) is 18.9 Å². The van der Waals surface area contributed by atoms with E-state index in [0.717, 1.165) is 18.5 Å². The van der Waals surface area contributed by atoms with E-state index in [4.69, 9.17) is 5.73 Å². The van der Waals surface area contributed by atoms with Crippen LogP contribution < -0.4 is 11.1 Å². The lowest BCUT2D eigenvalue weighted by molar-refractivity contribution is 0.364. The van der Waals surface area contributed by atoms with Crippen LogP contribution in [-0.4, -0.2) is 23.1 Å². The van der Waals surface area contributed by atoms with Gasteiger partial charge >= 0.3 is 0 Å². The highest BCUT2D eigenvalue weighted by Gasteiger charge is 2.16. The summed E-state index contributed by atoms with van der Waals surface area (Å²) < 4.78 is 0. The quantitative estimate of drug-likeness (QED) is 0.771. The van der Waals surface area contributed by atoms with Gasteiger partial charge in [-0.15, -0.1) is 0 Å². The minimum Gasteiger partial charge on any atom is -0.354 e. The summed E-state index contributed by atoms with van der Waals surface area (Å²) in [6.45, 7) is 7.89. The number of rotatable bonds is 5. The molecule has 0 amide bonds. The van der Waals surface area contributed by atoms with Crippen LogP contribution in [0.15, 0.2) is 12.4 Å². The molecule has 1 rings (SSSR count). The number of aryl methyl sites for hydroxylation is 1. The van der Waals surface area contributed by atoms with Gasteiger partial charge in [-0.1, -0.05) is 13.8 Å². The number of nitrogens with zero attached hydrogens (tertiary/aromatic N) is 2. The fourth-order valence-corrected chi connectivity index (χ4v) is 1.28.